The van der Waals surface area contributed by atoms with Crippen molar-refractivity contribution in [2.24, 2.45) is 4.99 Å². The van der Waals surface area contributed by atoms with E-state index in [1.54, 1.807) is 7.05 Å². The van der Waals surface area contributed by atoms with Crippen LogP contribution in [-0.4, -0.2) is 54.7 Å². The second-order valence-corrected chi connectivity index (χ2v) is 5.91. The summed E-state index contributed by atoms with van der Waals surface area (Å²) in [6, 6.07) is 10.2. The molecule has 6 nitrogen and oxygen atoms in total. The van der Waals surface area contributed by atoms with Gasteiger partial charge in [0.25, 0.3) is 0 Å². The SMILES string of the molecule is CCCCOCCNC(=NC)N(C)Cc1ncc(-c2ccccc2)[nH]1. The molecule has 0 atom stereocenters. The van der Waals surface area contributed by atoms with Gasteiger partial charge in [0, 0.05) is 27.2 Å². The smallest absolute Gasteiger partial charge is 0.193 e. The number of hydrogen-bond donors (Lipinski definition) is 2. The minimum atomic E-state index is 0.656. The summed E-state index contributed by atoms with van der Waals surface area (Å²) in [5.41, 5.74) is 2.16. The Kier molecular flexibility index (Phi) is 7.98. The van der Waals surface area contributed by atoms with Crippen LogP contribution in [0.1, 0.15) is 25.6 Å². The first-order chi connectivity index (χ1) is 12.2. The van der Waals surface area contributed by atoms with Crippen LogP contribution in [0.25, 0.3) is 11.3 Å². The number of aromatic amines is 1. The summed E-state index contributed by atoms with van der Waals surface area (Å²) in [6.45, 7) is 5.07. The topological polar surface area (TPSA) is 65.5 Å². The lowest BCUT2D eigenvalue weighted by Gasteiger charge is -2.21. The molecule has 25 heavy (non-hydrogen) atoms. The Hall–Kier alpha value is -2.34. The first-order valence-corrected chi connectivity index (χ1v) is 8.83. The molecule has 2 N–H and O–H groups in total. The van der Waals surface area contributed by atoms with Gasteiger partial charge in [0.15, 0.2) is 5.96 Å². The highest BCUT2D eigenvalue weighted by molar-refractivity contribution is 5.79. The Balaban J connectivity index is 1.81. The number of aliphatic imine (C=N–C) groups is 1. The van der Waals surface area contributed by atoms with Crippen molar-refractivity contribution in [3.8, 4) is 11.3 Å². The Morgan fingerprint density at radius 2 is 2.08 bits per heavy atom. The van der Waals surface area contributed by atoms with Crippen LogP contribution in [-0.2, 0) is 11.3 Å². The van der Waals surface area contributed by atoms with Crippen LogP contribution >= 0.6 is 0 Å². The number of nitrogens with zero attached hydrogens (tertiary/aromatic N) is 3. The fourth-order valence-electron chi connectivity index (χ4n) is 2.47. The van der Waals surface area contributed by atoms with E-state index in [4.69, 9.17) is 4.74 Å². The zero-order valence-electron chi connectivity index (χ0n) is 15.5. The summed E-state index contributed by atoms with van der Waals surface area (Å²) in [4.78, 5) is 14.2. The first-order valence-electron chi connectivity index (χ1n) is 8.83. The summed E-state index contributed by atoms with van der Waals surface area (Å²) >= 11 is 0. The molecule has 0 fully saturated rings. The van der Waals surface area contributed by atoms with Gasteiger partial charge >= 0.3 is 0 Å². The number of imidazole rings is 1. The van der Waals surface area contributed by atoms with Crippen LogP contribution in [0.15, 0.2) is 41.5 Å². The lowest BCUT2D eigenvalue weighted by Crippen LogP contribution is -2.40. The number of benzene rings is 1. The fraction of sp³-hybridized carbons (Fsp3) is 0.474. The van der Waals surface area contributed by atoms with E-state index in [-0.39, 0.29) is 0 Å². The van der Waals surface area contributed by atoms with E-state index < -0.39 is 0 Å². The number of guanidine groups is 1. The maximum atomic E-state index is 5.56. The highest BCUT2D eigenvalue weighted by Crippen LogP contribution is 2.16. The largest absolute Gasteiger partial charge is 0.380 e. The van der Waals surface area contributed by atoms with Gasteiger partial charge in [-0.05, 0) is 12.0 Å². The highest BCUT2D eigenvalue weighted by Gasteiger charge is 2.09. The maximum Gasteiger partial charge on any atom is 0.193 e. The summed E-state index contributed by atoms with van der Waals surface area (Å²) in [5.74, 6) is 1.74. The predicted molar refractivity (Wildman–Crippen MR) is 103 cm³/mol. The van der Waals surface area contributed by atoms with Crippen LogP contribution < -0.4 is 5.32 Å². The lowest BCUT2D eigenvalue weighted by molar-refractivity contribution is 0.135. The summed E-state index contributed by atoms with van der Waals surface area (Å²) in [5, 5.41) is 3.31. The zero-order valence-corrected chi connectivity index (χ0v) is 15.5. The second-order valence-electron chi connectivity index (χ2n) is 5.91. The van der Waals surface area contributed by atoms with Crippen molar-refractivity contribution in [1.29, 1.82) is 0 Å². The minimum absolute atomic E-state index is 0.656. The molecule has 0 saturated carbocycles. The summed E-state index contributed by atoms with van der Waals surface area (Å²) < 4.78 is 5.56. The van der Waals surface area contributed by atoms with Gasteiger partial charge in [-0.2, -0.15) is 0 Å². The molecule has 1 heterocycles. The van der Waals surface area contributed by atoms with Gasteiger partial charge in [0.2, 0.25) is 0 Å². The number of nitrogens with one attached hydrogen (secondary N) is 2. The van der Waals surface area contributed by atoms with E-state index in [1.165, 1.54) is 0 Å². The van der Waals surface area contributed by atoms with E-state index in [9.17, 15) is 0 Å². The van der Waals surface area contributed by atoms with E-state index in [0.29, 0.717) is 13.2 Å². The number of rotatable bonds is 9. The number of ether oxygens (including phenoxy) is 1. The monoisotopic (exact) mass is 343 g/mol. The van der Waals surface area contributed by atoms with E-state index in [0.717, 1.165) is 49.0 Å². The standard InChI is InChI=1S/C19H29N5O/c1-4-5-12-25-13-11-21-19(20-2)24(3)15-18-22-14-17(23-18)16-9-7-6-8-10-16/h6-10,14H,4-5,11-13,15H2,1-3H3,(H,20,21)(H,22,23). The highest BCUT2D eigenvalue weighted by atomic mass is 16.5. The fourth-order valence-corrected chi connectivity index (χ4v) is 2.47. The minimum Gasteiger partial charge on any atom is -0.380 e. The normalized spacial score (nSPS) is 11.6. The van der Waals surface area contributed by atoms with Gasteiger partial charge in [-0.1, -0.05) is 43.7 Å². The van der Waals surface area contributed by atoms with Crippen LogP contribution in [0.3, 0.4) is 0 Å². The third-order valence-corrected chi connectivity index (χ3v) is 3.85. The molecule has 0 spiro atoms. The molecule has 0 aliphatic rings. The van der Waals surface area contributed by atoms with Gasteiger partial charge in [0.1, 0.15) is 5.82 Å². The Bertz CT molecular complexity index is 638. The molecule has 0 radical (unpaired) electrons. The average Bonchev–Trinajstić information content (AvgIpc) is 3.10. The molecule has 6 heteroatoms. The van der Waals surface area contributed by atoms with Gasteiger partial charge < -0.3 is 19.9 Å². The molecule has 2 aromatic rings. The second kappa shape index (κ2) is 10.5. The van der Waals surface area contributed by atoms with Crippen molar-refractivity contribution in [2.75, 3.05) is 33.9 Å². The molecular formula is C19H29N5O. The number of unbranched alkanes of at least 4 members (excludes halogenated alkanes) is 1. The van der Waals surface area contributed by atoms with Crippen LogP contribution in [0, 0.1) is 0 Å². The Morgan fingerprint density at radius 1 is 1.28 bits per heavy atom. The van der Waals surface area contributed by atoms with Crippen LogP contribution in [0.2, 0.25) is 0 Å². The van der Waals surface area contributed by atoms with E-state index >= 15 is 0 Å². The molecular weight excluding hydrogens is 314 g/mol. The van der Waals surface area contributed by atoms with Gasteiger partial charge in [-0.25, -0.2) is 4.98 Å². The summed E-state index contributed by atoms with van der Waals surface area (Å²) in [6.07, 6.45) is 4.14. The molecule has 1 aromatic carbocycles. The van der Waals surface area contributed by atoms with Crippen molar-refractivity contribution in [1.82, 2.24) is 20.2 Å². The molecule has 1 aromatic heterocycles. The average molecular weight is 343 g/mol. The van der Waals surface area contributed by atoms with Crippen molar-refractivity contribution in [3.63, 3.8) is 0 Å². The number of H-pyrrole nitrogens is 1. The van der Waals surface area contributed by atoms with Gasteiger partial charge in [0.05, 0.1) is 25.0 Å². The van der Waals surface area contributed by atoms with Crippen molar-refractivity contribution < 1.29 is 4.74 Å². The number of aromatic nitrogens is 2. The molecule has 2 rings (SSSR count). The molecule has 0 saturated heterocycles. The van der Waals surface area contributed by atoms with Crippen molar-refractivity contribution in [3.05, 3.63) is 42.4 Å². The van der Waals surface area contributed by atoms with Crippen LogP contribution in [0.5, 0.6) is 0 Å². The number of hydrogen-bond acceptors (Lipinski definition) is 3. The Morgan fingerprint density at radius 3 is 2.80 bits per heavy atom. The molecule has 0 aliphatic heterocycles. The summed E-state index contributed by atoms with van der Waals surface area (Å²) in [7, 11) is 3.78. The quantitative estimate of drug-likeness (QED) is 0.417. The van der Waals surface area contributed by atoms with Crippen molar-refractivity contribution >= 4 is 5.96 Å². The van der Waals surface area contributed by atoms with Gasteiger partial charge in [-0.3, -0.25) is 4.99 Å². The molecule has 0 aliphatic carbocycles. The third-order valence-electron chi connectivity index (χ3n) is 3.85. The van der Waals surface area contributed by atoms with Crippen molar-refractivity contribution in [2.45, 2.75) is 26.3 Å². The predicted octanol–water partition coefficient (Wildman–Crippen LogP) is 2.90. The lowest BCUT2D eigenvalue weighted by atomic mass is 10.2. The Labute approximate surface area is 150 Å². The van der Waals surface area contributed by atoms with Crippen LogP contribution in [0.4, 0.5) is 0 Å². The molecule has 0 amide bonds. The van der Waals surface area contributed by atoms with Gasteiger partial charge in [-0.15, -0.1) is 0 Å². The third kappa shape index (κ3) is 6.23. The van der Waals surface area contributed by atoms with E-state index in [1.807, 2.05) is 36.3 Å². The zero-order chi connectivity index (χ0) is 17.9. The molecule has 0 unspecified atom stereocenters. The first kappa shape index (κ1) is 19.0. The van der Waals surface area contributed by atoms with E-state index in [2.05, 4.69) is 39.3 Å². The molecule has 136 valence electrons. The maximum absolute atomic E-state index is 5.56. The molecule has 0 bridgehead atoms.